The van der Waals surface area contributed by atoms with Gasteiger partial charge in [-0.1, -0.05) is 18.2 Å². The smallest absolute Gasteiger partial charge is 0.251 e. The molecule has 0 saturated heterocycles. The lowest BCUT2D eigenvalue weighted by molar-refractivity contribution is 0.0939. The van der Waals surface area contributed by atoms with Crippen LogP contribution in [-0.4, -0.2) is 38.0 Å². The Morgan fingerprint density at radius 1 is 1.07 bits per heavy atom. The van der Waals surface area contributed by atoms with E-state index in [1.165, 1.54) is 23.5 Å². The first-order valence-corrected chi connectivity index (χ1v) is 11.4. The van der Waals surface area contributed by atoms with Crippen molar-refractivity contribution in [3.05, 3.63) is 59.7 Å². The van der Waals surface area contributed by atoms with Gasteiger partial charge in [0.25, 0.3) is 5.91 Å². The van der Waals surface area contributed by atoms with Crippen molar-refractivity contribution >= 4 is 27.7 Å². The Balaban J connectivity index is 2.19. The molecule has 1 unspecified atom stereocenters. The van der Waals surface area contributed by atoms with E-state index in [4.69, 9.17) is 0 Å². The number of carbonyl (C=O) groups excluding carboxylic acids is 1. The predicted octanol–water partition coefficient (Wildman–Crippen LogP) is 3.93. The van der Waals surface area contributed by atoms with Crippen molar-refractivity contribution in [3.8, 4) is 0 Å². The number of nitrogens with zero attached hydrogens (tertiary/aromatic N) is 1. The summed E-state index contributed by atoms with van der Waals surface area (Å²) in [5.74, 6) is -0.305. The van der Waals surface area contributed by atoms with Gasteiger partial charge in [-0.25, -0.2) is 8.42 Å². The second-order valence-corrected chi connectivity index (χ2v) is 9.49. The second-order valence-electron chi connectivity index (χ2n) is 6.61. The summed E-state index contributed by atoms with van der Waals surface area (Å²) in [7, 11) is -2.10. The quantitative estimate of drug-likeness (QED) is 0.708. The highest BCUT2D eigenvalue weighted by Crippen LogP contribution is 2.21. The van der Waals surface area contributed by atoms with Crippen LogP contribution < -0.4 is 5.32 Å². The number of carbonyl (C=O) groups is 1. The number of benzene rings is 2. The second kappa shape index (κ2) is 8.91. The van der Waals surface area contributed by atoms with Gasteiger partial charge in [0.2, 0.25) is 10.0 Å². The van der Waals surface area contributed by atoms with Gasteiger partial charge < -0.3 is 5.32 Å². The number of thioether (sulfide) groups is 1. The molecule has 0 aliphatic rings. The Morgan fingerprint density at radius 3 is 2.26 bits per heavy atom. The highest BCUT2D eigenvalue weighted by atomic mass is 32.2. The topological polar surface area (TPSA) is 66.5 Å². The molecule has 0 aromatic heterocycles. The van der Waals surface area contributed by atoms with Crippen LogP contribution in [-0.2, 0) is 10.0 Å². The molecule has 0 aliphatic heterocycles. The normalized spacial score (nSPS) is 13.0. The van der Waals surface area contributed by atoms with Crippen LogP contribution >= 0.6 is 11.8 Å². The fourth-order valence-corrected chi connectivity index (χ4v) is 4.32. The van der Waals surface area contributed by atoms with Crippen LogP contribution in [0.15, 0.2) is 58.3 Å². The van der Waals surface area contributed by atoms with Gasteiger partial charge >= 0.3 is 0 Å². The SMILES string of the molecule is CSc1ccc(C(C)NC(=O)c2cccc(S(=O)(=O)N(C)C(C)C)c2)cc1. The Morgan fingerprint density at radius 2 is 1.70 bits per heavy atom. The summed E-state index contributed by atoms with van der Waals surface area (Å²) < 4.78 is 26.6. The predicted molar refractivity (Wildman–Crippen MR) is 111 cm³/mol. The molecule has 0 bridgehead atoms. The first kappa shape index (κ1) is 21.5. The summed E-state index contributed by atoms with van der Waals surface area (Å²) in [5, 5.41) is 2.93. The number of hydrogen-bond donors (Lipinski definition) is 1. The fourth-order valence-electron chi connectivity index (χ4n) is 2.50. The van der Waals surface area contributed by atoms with Crippen molar-refractivity contribution in [1.82, 2.24) is 9.62 Å². The van der Waals surface area contributed by atoms with Crippen molar-refractivity contribution in [2.24, 2.45) is 0 Å². The molecular formula is C20H26N2O3S2. The van der Waals surface area contributed by atoms with E-state index in [1.54, 1.807) is 37.7 Å². The molecule has 2 aromatic carbocycles. The maximum atomic E-state index is 12.6. The maximum Gasteiger partial charge on any atom is 0.251 e. The monoisotopic (exact) mass is 406 g/mol. The molecule has 1 N–H and O–H groups in total. The molecule has 146 valence electrons. The maximum absolute atomic E-state index is 12.6. The molecule has 7 heteroatoms. The van der Waals surface area contributed by atoms with Gasteiger partial charge in [-0.15, -0.1) is 11.8 Å². The molecule has 0 fully saturated rings. The molecule has 0 heterocycles. The van der Waals surface area contributed by atoms with E-state index >= 15 is 0 Å². The van der Waals surface area contributed by atoms with E-state index in [2.05, 4.69) is 5.32 Å². The standard InChI is InChI=1S/C20H26N2O3S2/c1-14(2)22(4)27(24,25)19-8-6-7-17(13-19)20(23)21-15(3)16-9-11-18(26-5)12-10-16/h6-15H,1-5H3,(H,21,23). The van der Waals surface area contributed by atoms with Gasteiger partial charge in [0.1, 0.15) is 0 Å². The minimum atomic E-state index is -3.63. The molecule has 27 heavy (non-hydrogen) atoms. The minimum Gasteiger partial charge on any atom is -0.346 e. The lowest BCUT2D eigenvalue weighted by Gasteiger charge is -2.21. The molecule has 5 nitrogen and oxygen atoms in total. The lowest BCUT2D eigenvalue weighted by Crippen LogP contribution is -2.33. The number of sulfonamides is 1. The van der Waals surface area contributed by atoms with E-state index in [-0.39, 0.29) is 22.9 Å². The van der Waals surface area contributed by atoms with Crippen LogP contribution in [0.1, 0.15) is 42.7 Å². The van der Waals surface area contributed by atoms with Gasteiger partial charge in [0, 0.05) is 23.5 Å². The first-order chi connectivity index (χ1) is 12.7. The third kappa shape index (κ3) is 5.12. The average molecular weight is 407 g/mol. The summed E-state index contributed by atoms with van der Waals surface area (Å²) in [4.78, 5) is 13.9. The van der Waals surface area contributed by atoms with Crippen LogP contribution in [0, 0.1) is 0 Å². The zero-order valence-corrected chi connectivity index (χ0v) is 17.9. The van der Waals surface area contributed by atoms with Gasteiger partial charge in [-0.05, 0) is 62.9 Å². The van der Waals surface area contributed by atoms with Crippen molar-refractivity contribution in [1.29, 1.82) is 0 Å². The van der Waals surface area contributed by atoms with E-state index in [0.717, 1.165) is 10.5 Å². The van der Waals surface area contributed by atoms with Crippen molar-refractivity contribution in [3.63, 3.8) is 0 Å². The third-order valence-electron chi connectivity index (χ3n) is 4.46. The van der Waals surface area contributed by atoms with Crippen molar-refractivity contribution in [2.45, 2.75) is 42.6 Å². The highest BCUT2D eigenvalue weighted by Gasteiger charge is 2.24. The molecule has 0 spiro atoms. The summed E-state index contributed by atoms with van der Waals surface area (Å²) in [6.07, 6.45) is 2.01. The number of amides is 1. The summed E-state index contributed by atoms with van der Waals surface area (Å²) in [6, 6.07) is 13.8. The van der Waals surface area contributed by atoms with Crippen LogP contribution in [0.2, 0.25) is 0 Å². The Bertz CT molecular complexity index is 894. The Kier molecular flexibility index (Phi) is 7.08. The molecule has 0 saturated carbocycles. The number of rotatable bonds is 7. The summed E-state index contributed by atoms with van der Waals surface area (Å²) in [5.41, 5.74) is 1.31. The molecule has 2 aromatic rings. The molecule has 0 radical (unpaired) electrons. The number of hydrogen-bond acceptors (Lipinski definition) is 4. The van der Waals surface area contributed by atoms with E-state index < -0.39 is 10.0 Å². The summed E-state index contributed by atoms with van der Waals surface area (Å²) in [6.45, 7) is 5.51. The Hall–Kier alpha value is -1.83. The molecule has 1 atom stereocenters. The largest absolute Gasteiger partial charge is 0.346 e. The van der Waals surface area contributed by atoms with E-state index in [9.17, 15) is 13.2 Å². The zero-order valence-electron chi connectivity index (χ0n) is 16.3. The molecule has 1 amide bonds. The zero-order chi connectivity index (χ0) is 20.2. The van der Waals surface area contributed by atoms with Gasteiger partial charge in [0.05, 0.1) is 10.9 Å². The first-order valence-electron chi connectivity index (χ1n) is 8.69. The van der Waals surface area contributed by atoms with Crippen molar-refractivity contribution in [2.75, 3.05) is 13.3 Å². The molecule has 2 rings (SSSR count). The van der Waals surface area contributed by atoms with Crippen LogP contribution in [0.3, 0.4) is 0 Å². The van der Waals surface area contributed by atoms with E-state index in [0.29, 0.717) is 5.56 Å². The van der Waals surface area contributed by atoms with Gasteiger partial charge in [-0.3, -0.25) is 4.79 Å². The van der Waals surface area contributed by atoms with Gasteiger partial charge in [-0.2, -0.15) is 4.31 Å². The minimum absolute atomic E-state index is 0.114. The van der Waals surface area contributed by atoms with E-state index in [1.807, 2.05) is 37.4 Å². The van der Waals surface area contributed by atoms with Gasteiger partial charge in [0.15, 0.2) is 0 Å². The van der Waals surface area contributed by atoms with Crippen molar-refractivity contribution < 1.29 is 13.2 Å². The summed E-state index contributed by atoms with van der Waals surface area (Å²) >= 11 is 1.66. The Labute approximate surface area is 166 Å². The highest BCUT2D eigenvalue weighted by molar-refractivity contribution is 7.98. The molecular weight excluding hydrogens is 380 g/mol. The lowest BCUT2D eigenvalue weighted by atomic mass is 10.1. The average Bonchev–Trinajstić information content (AvgIpc) is 2.67. The molecule has 0 aliphatic carbocycles. The fraction of sp³-hybridized carbons (Fsp3) is 0.350. The number of nitrogens with one attached hydrogen (secondary N) is 1. The van der Waals surface area contributed by atoms with Crippen LogP contribution in [0.5, 0.6) is 0 Å². The van der Waals surface area contributed by atoms with Crippen LogP contribution in [0.25, 0.3) is 0 Å². The third-order valence-corrected chi connectivity index (χ3v) is 7.24. The van der Waals surface area contributed by atoms with Crippen LogP contribution in [0.4, 0.5) is 0 Å².